The highest BCUT2D eigenvalue weighted by molar-refractivity contribution is 7.99. The van der Waals surface area contributed by atoms with Crippen LogP contribution in [-0.2, 0) is 0 Å². The molecule has 0 aliphatic heterocycles. The lowest BCUT2D eigenvalue weighted by Crippen LogP contribution is -2.42. The molecule has 2 N–H and O–H groups in total. The van der Waals surface area contributed by atoms with Crippen molar-refractivity contribution >= 4 is 29.1 Å². The number of hydrogen-bond donors (Lipinski definition) is 2. The standard InChI is InChI=1S/C14H23N3OS2/c1-9(13-16-10(2)8-20-13)7-15-14(18)17-11-4-5-12(6-11)19-3/h8-9,11-12H,4-7H2,1-3H3,(H2,15,17,18)/t9-,11+,12-/m1/s1. The predicted octanol–water partition coefficient (Wildman–Crippen LogP) is 3.14. The molecule has 1 heterocycles. The second-order valence-corrected chi connectivity index (χ2v) is 7.48. The summed E-state index contributed by atoms with van der Waals surface area (Å²) in [6.45, 7) is 4.73. The van der Waals surface area contributed by atoms with E-state index >= 15 is 0 Å². The Morgan fingerprint density at radius 1 is 1.60 bits per heavy atom. The highest BCUT2D eigenvalue weighted by Crippen LogP contribution is 2.28. The highest BCUT2D eigenvalue weighted by Gasteiger charge is 2.25. The average Bonchev–Trinajstić information content (AvgIpc) is 3.05. The van der Waals surface area contributed by atoms with E-state index in [4.69, 9.17) is 0 Å². The predicted molar refractivity (Wildman–Crippen MR) is 86.7 cm³/mol. The summed E-state index contributed by atoms with van der Waals surface area (Å²) in [7, 11) is 0. The number of aryl methyl sites for hydroxylation is 1. The second kappa shape index (κ2) is 7.31. The molecular formula is C14H23N3OS2. The van der Waals surface area contributed by atoms with Gasteiger partial charge in [0.25, 0.3) is 0 Å². The smallest absolute Gasteiger partial charge is 0.315 e. The largest absolute Gasteiger partial charge is 0.337 e. The van der Waals surface area contributed by atoms with E-state index < -0.39 is 0 Å². The van der Waals surface area contributed by atoms with Gasteiger partial charge in [-0.3, -0.25) is 0 Å². The van der Waals surface area contributed by atoms with Gasteiger partial charge in [-0.2, -0.15) is 11.8 Å². The van der Waals surface area contributed by atoms with Crippen molar-refractivity contribution in [3.05, 3.63) is 16.1 Å². The third kappa shape index (κ3) is 4.38. The van der Waals surface area contributed by atoms with Crippen LogP contribution in [0.5, 0.6) is 0 Å². The Hall–Kier alpha value is -0.750. The maximum atomic E-state index is 11.9. The van der Waals surface area contributed by atoms with Gasteiger partial charge in [0, 0.05) is 34.8 Å². The molecule has 112 valence electrons. The molecule has 0 unspecified atom stereocenters. The molecule has 1 saturated carbocycles. The molecule has 0 saturated heterocycles. The van der Waals surface area contributed by atoms with E-state index in [1.807, 2.05) is 24.1 Å². The van der Waals surface area contributed by atoms with Crippen molar-refractivity contribution in [1.29, 1.82) is 0 Å². The fourth-order valence-electron chi connectivity index (χ4n) is 2.45. The SMILES string of the molecule is CS[C@@H]1CC[C@H](NC(=O)NC[C@@H](C)c2nc(C)cs2)C1. The van der Waals surface area contributed by atoms with Gasteiger partial charge in [-0.25, -0.2) is 9.78 Å². The number of amides is 2. The summed E-state index contributed by atoms with van der Waals surface area (Å²) in [5.74, 6) is 0.266. The van der Waals surface area contributed by atoms with Crippen LogP contribution in [0.3, 0.4) is 0 Å². The molecule has 2 rings (SSSR count). The van der Waals surface area contributed by atoms with Crippen LogP contribution in [0.15, 0.2) is 5.38 Å². The van der Waals surface area contributed by atoms with Gasteiger partial charge >= 0.3 is 6.03 Å². The van der Waals surface area contributed by atoms with Gasteiger partial charge in [0.05, 0.1) is 5.01 Å². The zero-order valence-corrected chi connectivity index (χ0v) is 13.9. The van der Waals surface area contributed by atoms with E-state index in [1.54, 1.807) is 11.3 Å². The summed E-state index contributed by atoms with van der Waals surface area (Å²) in [5.41, 5.74) is 1.05. The lowest BCUT2D eigenvalue weighted by Gasteiger charge is -2.15. The van der Waals surface area contributed by atoms with Gasteiger partial charge in [-0.15, -0.1) is 11.3 Å². The summed E-state index contributed by atoms with van der Waals surface area (Å²) < 4.78 is 0. The van der Waals surface area contributed by atoms with Crippen LogP contribution in [0, 0.1) is 6.92 Å². The molecule has 1 aromatic rings. The third-order valence-corrected chi connectivity index (χ3v) is 5.97. The lowest BCUT2D eigenvalue weighted by atomic mass is 10.2. The molecule has 4 nitrogen and oxygen atoms in total. The normalized spacial score (nSPS) is 23.6. The molecule has 0 aromatic carbocycles. The highest BCUT2D eigenvalue weighted by atomic mass is 32.2. The molecule has 0 spiro atoms. The number of hydrogen-bond acceptors (Lipinski definition) is 4. The number of urea groups is 1. The maximum absolute atomic E-state index is 11.9. The number of aromatic nitrogens is 1. The van der Waals surface area contributed by atoms with E-state index in [9.17, 15) is 4.79 Å². The fourth-order valence-corrected chi connectivity index (χ4v) is 4.11. The second-order valence-electron chi connectivity index (χ2n) is 5.45. The Morgan fingerprint density at radius 3 is 3.00 bits per heavy atom. The monoisotopic (exact) mass is 313 g/mol. The Morgan fingerprint density at radius 2 is 2.40 bits per heavy atom. The van der Waals surface area contributed by atoms with Crippen molar-refractivity contribution in [2.24, 2.45) is 0 Å². The van der Waals surface area contributed by atoms with Crippen LogP contribution in [0.4, 0.5) is 4.79 Å². The van der Waals surface area contributed by atoms with Crippen LogP contribution in [0.25, 0.3) is 0 Å². The minimum absolute atomic E-state index is 0.0446. The number of carbonyl (C=O) groups excluding carboxylic acids is 1. The quantitative estimate of drug-likeness (QED) is 0.878. The number of thioether (sulfide) groups is 1. The molecule has 1 aromatic heterocycles. The number of nitrogens with zero attached hydrogens (tertiary/aromatic N) is 1. The first kappa shape index (κ1) is 15.6. The minimum atomic E-state index is -0.0446. The number of thiazole rings is 1. The van der Waals surface area contributed by atoms with Crippen LogP contribution in [0.2, 0.25) is 0 Å². The Kier molecular flexibility index (Phi) is 5.72. The van der Waals surface area contributed by atoms with Gasteiger partial charge in [0.15, 0.2) is 0 Å². The molecular weight excluding hydrogens is 290 g/mol. The Labute approximate surface area is 129 Å². The van der Waals surface area contributed by atoms with Crippen LogP contribution >= 0.6 is 23.1 Å². The van der Waals surface area contributed by atoms with E-state index in [2.05, 4.69) is 28.8 Å². The zero-order chi connectivity index (χ0) is 14.5. The zero-order valence-electron chi connectivity index (χ0n) is 12.3. The first-order valence-electron chi connectivity index (χ1n) is 7.07. The van der Waals surface area contributed by atoms with Crippen LogP contribution in [-0.4, -0.2) is 35.1 Å². The van der Waals surface area contributed by atoms with E-state index in [1.165, 1.54) is 6.42 Å². The molecule has 2 amide bonds. The van der Waals surface area contributed by atoms with Crippen molar-refractivity contribution in [2.75, 3.05) is 12.8 Å². The Bertz CT molecular complexity index is 449. The lowest BCUT2D eigenvalue weighted by molar-refractivity contribution is 0.236. The molecule has 1 aliphatic carbocycles. The van der Waals surface area contributed by atoms with Crippen molar-refractivity contribution in [2.45, 2.75) is 50.3 Å². The summed E-state index contributed by atoms with van der Waals surface area (Å²) in [5, 5.41) is 9.88. The number of rotatable bonds is 5. The van der Waals surface area contributed by atoms with Gasteiger partial charge < -0.3 is 10.6 Å². The van der Waals surface area contributed by atoms with E-state index in [0.29, 0.717) is 17.8 Å². The number of carbonyl (C=O) groups is 1. The van der Waals surface area contributed by atoms with Crippen molar-refractivity contribution in [1.82, 2.24) is 15.6 Å². The van der Waals surface area contributed by atoms with Gasteiger partial charge in [0.1, 0.15) is 0 Å². The summed E-state index contributed by atoms with van der Waals surface area (Å²) >= 11 is 3.56. The van der Waals surface area contributed by atoms with Crippen molar-refractivity contribution in [3.63, 3.8) is 0 Å². The van der Waals surface area contributed by atoms with E-state index in [-0.39, 0.29) is 11.9 Å². The Balaban J connectivity index is 1.70. The van der Waals surface area contributed by atoms with Gasteiger partial charge in [-0.05, 0) is 32.4 Å². The summed E-state index contributed by atoms with van der Waals surface area (Å²) in [4.78, 5) is 16.3. The third-order valence-electron chi connectivity index (χ3n) is 3.68. The van der Waals surface area contributed by atoms with Crippen LogP contribution < -0.4 is 10.6 Å². The molecule has 1 fully saturated rings. The van der Waals surface area contributed by atoms with E-state index in [0.717, 1.165) is 23.5 Å². The average molecular weight is 313 g/mol. The molecule has 3 atom stereocenters. The minimum Gasteiger partial charge on any atom is -0.337 e. The molecule has 0 radical (unpaired) electrons. The molecule has 6 heteroatoms. The first-order valence-corrected chi connectivity index (χ1v) is 9.24. The molecule has 0 bridgehead atoms. The topological polar surface area (TPSA) is 54.0 Å². The van der Waals surface area contributed by atoms with Gasteiger partial charge in [-0.1, -0.05) is 6.92 Å². The maximum Gasteiger partial charge on any atom is 0.315 e. The molecule has 20 heavy (non-hydrogen) atoms. The van der Waals surface area contributed by atoms with Crippen molar-refractivity contribution in [3.8, 4) is 0 Å². The van der Waals surface area contributed by atoms with Crippen molar-refractivity contribution < 1.29 is 4.79 Å². The summed E-state index contributed by atoms with van der Waals surface area (Å²) in [6.07, 6.45) is 5.54. The fraction of sp³-hybridized carbons (Fsp3) is 0.714. The number of nitrogens with one attached hydrogen (secondary N) is 2. The molecule has 1 aliphatic rings. The van der Waals surface area contributed by atoms with Crippen LogP contribution in [0.1, 0.15) is 42.8 Å². The summed E-state index contributed by atoms with van der Waals surface area (Å²) in [6, 6.07) is 0.293. The first-order chi connectivity index (χ1) is 9.58. The van der Waals surface area contributed by atoms with Gasteiger partial charge in [0.2, 0.25) is 0 Å².